The molecule has 3 heteroatoms. The number of morpholine rings is 1. The first-order valence-electron chi connectivity index (χ1n) is 7.17. The van der Waals surface area contributed by atoms with Crippen LogP contribution < -0.4 is 0 Å². The third kappa shape index (κ3) is 4.92. The Labute approximate surface area is 116 Å². The van der Waals surface area contributed by atoms with E-state index in [4.69, 9.17) is 4.74 Å². The lowest BCUT2D eigenvalue weighted by Gasteiger charge is -2.35. The van der Waals surface area contributed by atoms with Crippen LogP contribution >= 0.6 is 0 Å². The van der Waals surface area contributed by atoms with Gasteiger partial charge in [0.1, 0.15) is 5.82 Å². The van der Waals surface area contributed by atoms with Gasteiger partial charge in [0.25, 0.3) is 0 Å². The molecule has 1 aliphatic rings. The van der Waals surface area contributed by atoms with E-state index in [1.807, 2.05) is 32.9 Å². The number of hydrogen-bond acceptors (Lipinski definition) is 2. The first-order valence-corrected chi connectivity index (χ1v) is 7.17. The molecule has 2 unspecified atom stereocenters. The van der Waals surface area contributed by atoms with Crippen LogP contribution in [0.5, 0.6) is 0 Å². The zero-order valence-corrected chi connectivity index (χ0v) is 12.7. The molecule has 1 fully saturated rings. The summed E-state index contributed by atoms with van der Waals surface area (Å²) in [6.07, 6.45) is 0.556. The van der Waals surface area contributed by atoms with E-state index in [9.17, 15) is 4.39 Å². The van der Waals surface area contributed by atoms with Gasteiger partial charge in [0, 0.05) is 19.6 Å². The fraction of sp³-hybridized carbons (Fsp3) is 0.625. The number of hydrogen-bond donors (Lipinski definition) is 0. The quantitative estimate of drug-likeness (QED) is 0.808. The zero-order chi connectivity index (χ0) is 14.4. The molecule has 108 valence electrons. The Balaban J connectivity index is 0.000000861. The molecule has 0 spiro atoms. The molecule has 0 aliphatic carbocycles. The molecule has 1 aliphatic heterocycles. The first-order chi connectivity index (χ1) is 9.04. The Morgan fingerprint density at radius 1 is 1.21 bits per heavy atom. The molecule has 1 aromatic carbocycles. The molecular weight excluding hydrogens is 241 g/mol. The lowest BCUT2D eigenvalue weighted by Crippen LogP contribution is -2.44. The zero-order valence-electron chi connectivity index (χ0n) is 12.7. The van der Waals surface area contributed by atoms with Crippen molar-refractivity contribution in [3.05, 3.63) is 35.1 Å². The number of nitrogens with zero attached hydrogens (tertiary/aromatic N) is 1. The standard InChI is InChI=1S/C14H20FNO.C2H6/c1-10-6-13(4-5-14(10)15)9-16-7-11(2)17-12(3)8-16;1-2/h4-6,11-12H,7-9H2,1-3H3;1-2H3. The highest BCUT2D eigenvalue weighted by Gasteiger charge is 2.21. The molecule has 1 heterocycles. The van der Waals surface area contributed by atoms with Gasteiger partial charge in [0.05, 0.1) is 12.2 Å². The Bertz CT molecular complexity index is 384. The van der Waals surface area contributed by atoms with E-state index in [0.717, 1.165) is 25.2 Å². The summed E-state index contributed by atoms with van der Waals surface area (Å²) in [5, 5.41) is 0. The Kier molecular flexibility index (Phi) is 6.46. The maximum absolute atomic E-state index is 13.2. The summed E-state index contributed by atoms with van der Waals surface area (Å²) in [4.78, 5) is 2.37. The predicted octanol–water partition coefficient (Wildman–Crippen LogP) is 3.77. The van der Waals surface area contributed by atoms with E-state index < -0.39 is 0 Å². The molecular formula is C16H26FNO. The monoisotopic (exact) mass is 267 g/mol. The Morgan fingerprint density at radius 3 is 2.32 bits per heavy atom. The van der Waals surface area contributed by atoms with Crippen molar-refractivity contribution in [3.63, 3.8) is 0 Å². The summed E-state index contributed by atoms with van der Waals surface area (Å²) in [5.74, 6) is -0.127. The smallest absolute Gasteiger partial charge is 0.126 e. The topological polar surface area (TPSA) is 12.5 Å². The number of ether oxygens (including phenoxy) is 1. The normalized spacial score (nSPS) is 23.7. The van der Waals surface area contributed by atoms with Crippen LogP contribution in [0.25, 0.3) is 0 Å². The van der Waals surface area contributed by atoms with Gasteiger partial charge in [0.2, 0.25) is 0 Å². The SMILES string of the molecule is CC.Cc1cc(CN2CC(C)OC(C)C2)ccc1F. The van der Waals surface area contributed by atoms with Gasteiger partial charge in [0.15, 0.2) is 0 Å². The summed E-state index contributed by atoms with van der Waals surface area (Å²) in [7, 11) is 0. The molecule has 2 atom stereocenters. The van der Waals surface area contributed by atoms with Gasteiger partial charge in [-0.05, 0) is 38.0 Å². The van der Waals surface area contributed by atoms with E-state index in [2.05, 4.69) is 18.7 Å². The van der Waals surface area contributed by atoms with Crippen LogP contribution in [-0.4, -0.2) is 30.2 Å². The van der Waals surface area contributed by atoms with Gasteiger partial charge in [-0.2, -0.15) is 0 Å². The predicted molar refractivity (Wildman–Crippen MR) is 77.8 cm³/mol. The van der Waals surface area contributed by atoms with Gasteiger partial charge < -0.3 is 4.74 Å². The fourth-order valence-electron chi connectivity index (χ4n) is 2.48. The highest BCUT2D eigenvalue weighted by molar-refractivity contribution is 5.23. The van der Waals surface area contributed by atoms with Crippen LogP contribution in [0.2, 0.25) is 0 Å². The van der Waals surface area contributed by atoms with Gasteiger partial charge in [-0.15, -0.1) is 0 Å². The van der Waals surface area contributed by atoms with E-state index in [-0.39, 0.29) is 18.0 Å². The van der Waals surface area contributed by atoms with Gasteiger partial charge in [-0.25, -0.2) is 4.39 Å². The molecule has 0 saturated carbocycles. The minimum absolute atomic E-state index is 0.127. The van der Waals surface area contributed by atoms with E-state index in [1.54, 1.807) is 6.07 Å². The lowest BCUT2D eigenvalue weighted by atomic mass is 10.1. The molecule has 2 nitrogen and oxygen atoms in total. The van der Waals surface area contributed by atoms with Crippen molar-refractivity contribution in [1.29, 1.82) is 0 Å². The number of aryl methyl sites for hydroxylation is 1. The summed E-state index contributed by atoms with van der Waals surface area (Å²) in [6.45, 7) is 12.8. The second kappa shape index (κ2) is 7.61. The van der Waals surface area contributed by atoms with Crippen LogP contribution in [0.4, 0.5) is 4.39 Å². The van der Waals surface area contributed by atoms with Gasteiger partial charge in [-0.1, -0.05) is 26.0 Å². The van der Waals surface area contributed by atoms with Crippen LogP contribution in [0, 0.1) is 12.7 Å². The number of benzene rings is 1. The molecule has 2 rings (SSSR count). The van der Waals surface area contributed by atoms with E-state index in [0.29, 0.717) is 0 Å². The molecule has 0 radical (unpaired) electrons. The second-order valence-electron chi connectivity index (χ2n) is 5.03. The van der Waals surface area contributed by atoms with Crippen LogP contribution in [0.15, 0.2) is 18.2 Å². The van der Waals surface area contributed by atoms with Crippen LogP contribution in [0.1, 0.15) is 38.8 Å². The molecule has 19 heavy (non-hydrogen) atoms. The maximum atomic E-state index is 13.2. The fourth-order valence-corrected chi connectivity index (χ4v) is 2.48. The van der Waals surface area contributed by atoms with Crippen molar-refractivity contribution >= 4 is 0 Å². The molecule has 0 bridgehead atoms. The molecule has 1 saturated heterocycles. The highest BCUT2D eigenvalue weighted by Crippen LogP contribution is 2.16. The second-order valence-corrected chi connectivity index (χ2v) is 5.03. The molecule has 0 N–H and O–H groups in total. The Morgan fingerprint density at radius 2 is 1.79 bits per heavy atom. The summed E-state index contributed by atoms with van der Waals surface area (Å²) < 4.78 is 18.9. The minimum Gasteiger partial charge on any atom is -0.373 e. The third-order valence-corrected chi connectivity index (χ3v) is 3.12. The maximum Gasteiger partial charge on any atom is 0.126 e. The van der Waals surface area contributed by atoms with E-state index >= 15 is 0 Å². The number of halogens is 1. The average Bonchev–Trinajstić information content (AvgIpc) is 2.35. The Hall–Kier alpha value is -0.930. The van der Waals surface area contributed by atoms with Crippen LogP contribution in [-0.2, 0) is 11.3 Å². The van der Waals surface area contributed by atoms with Gasteiger partial charge in [-0.3, -0.25) is 4.90 Å². The molecule has 0 aromatic heterocycles. The van der Waals surface area contributed by atoms with Gasteiger partial charge >= 0.3 is 0 Å². The highest BCUT2D eigenvalue weighted by atomic mass is 19.1. The average molecular weight is 267 g/mol. The van der Waals surface area contributed by atoms with Crippen molar-refractivity contribution in [2.45, 2.75) is 53.4 Å². The van der Waals surface area contributed by atoms with Crippen molar-refractivity contribution in [3.8, 4) is 0 Å². The lowest BCUT2D eigenvalue weighted by molar-refractivity contribution is -0.0704. The van der Waals surface area contributed by atoms with Crippen molar-refractivity contribution < 1.29 is 9.13 Å². The molecule has 0 amide bonds. The largest absolute Gasteiger partial charge is 0.373 e. The third-order valence-electron chi connectivity index (χ3n) is 3.12. The van der Waals surface area contributed by atoms with Crippen molar-refractivity contribution in [1.82, 2.24) is 4.90 Å². The van der Waals surface area contributed by atoms with Crippen LogP contribution in [0.3, 0.4) is 0 Å². The minimum atomic E-state index is -0.127. The summed E-state index contributed by atoms with van der Waals surface area (Å²) >= 11 is 0. The number of rotatable bonds is 2. The summed E-state index contributed by atoms with van der Waals surface area (Å²) in [6, 6.07) is 5.35. The van der Waals surface area contributed by atoms with E-state index in [1.165, 1.54) is 5.56 Å². The van der Waals surface area contributed by atoms with Crippen molar-refractivity contribution in [2.75, 3.05) is 13.1 Å². The molecule has 1 aromatic rings. The van der Waals surface area contributed by atoms with Crippen molar-refractivity contribution in [2.24, 2.45) is 0 Å². The summed E-state index contributed by atoms with van der Waals surface area (Å²) in [5.41, 5.74) is 1.89. The first kappa shape index (κ1) is 16.1.